The van der Waals surface area contributed by atoms with Gasteiger partial charge in [-0.05, 0) is 30.7 Å². The van der Waals surface area contributed by atoms with Crippen LogP contribution in [0.3, 0.4) is 0 Å². The van der Waals surface area contributed by atoms with E-state index < -0.39 is 0 Å². The summed E-state index contributed by atoms with van der Waals surface area (Å²) in [6.45, 7) is 9.90. The average molecular weight is 413 g/mol. The highest BCUT2D eigenvalue weighted by molar-refractivity contribution is 14.0. The minimum absolute atomic E-state index is 0. The first-order valence-corrected chi connectivity index (χ1v) is 8.20. The van der Waals surface area contributed by atoms with Gasteiger partial charge in [0.15, 0.2) is 5.96 Å². The lowest BCUT2D eigenvalue weighted by molar-refractivity contribution is 0.369. The molecule has 3 nitrogen and oxygen atoms in total. The molecule has 2 fully saturated rings. The Labute approximate surface area is 151 Å². The fourth-order valence-electron chi connectivity index (χ4n) is 3.27. The predicted molar refractivity (Wildman–Crippen MR) is 104 cm³/mol. The molecular weight excluding hydrogens is 385 g/mol. The maximum Gasteiger partial charge on any atom is 0.194 e. The summed E-state index contributed by atoms with van der Waals surface area (Å²) in [7, 11) is 0. The normalized spacial score (nSPS) is 26.5. The van der Waals surface area contributed by atoms with E-state index in [9.17, 15) is 0 Å². The standard InChI is InChI=1S/C18H27N3.HI/c1-4-19-17(21-11-10-18(2,3)13-21)20-16-12-15(16)14-8-6-5-7-9-14;/h5-9,15-16H,4,10-13H2,1-3H3,(H,19,20);1H. The molecule has 1 saturated carbocycles. The lowest BCUT2D eigenvalue weighted by Gasteiger charge is -2.24. The van der Waals surface area contributed by atoms with Gasteiger partial charge in [-0.25, -0.2) is 0 Å². The summed E-state index contributed by atoms with van der Waals surface area (Å²) in [5.74, 6) is 1.77. The van der Waals surface area contributed by atoms with Gasteiger partial charge in [0.1, 0.15) is 0 Å². The van der Waals surface area contributed by atoms with Crippen LogP contribution in [-0.4, -0.2) is 36.5 Å². The third-order valence-corrected chi connectivity index (χ3v) is 4.62. The summed E-state index contributed by atoms with van der Waals surface area (Å²) in [6.07, 6.45) is 2.48. The van der Waals surface area contributed by atoms with Gasteiger partial charge in [-0.1, -0.05) is 44.2 Å². The smallest absolute Gasteiger partial charge is 0.194 e. The molecule has 1 aliphatic heterocycles. The molecule has 1 saturated heterocycles. The van der Waals surface area contributed by atoms with Crippen molar-refractivity contribution in [3.63, 3.8) is 0 Å². The van der Waals surface area contributed by atoms with Crippen molar-refractivity contribution in [2.75, 3.05) is 19.6 Å². The molecule has 0 aromatic heterocycles. The maximum atomic E-state index is 4.71. The van der Waals surface area contributed by atoms with Crippen molar-refractivity contribution in [2.45, 2.75) is 45.6 Å². The highest BCUT2D eigenvalue weighted by Gasteiger charge is 2.40. The van der Waals surface area contributed by atoms with E-state index in [-0.39, 0.29) is 24.0 Å². The molecule has 1 heterocycles. The van der Waals surface area contributed by atoms with Gasteiger partial charge < -0.3 is 10.2 Å². The second-order valence-electron chi connectivity index (χ2n) is 7.14. The van der Waals surface area contributed by atoms with E-state index in [2.05, 4.69) is 61.3 Å². The molecule has 0 spiro atoms. The van der Waals surface area contributed by atoms with E-state index in [0.717, 1.165) is 25.6 Å². The van der Waals surface area contributed by atoms with Crippen LogP contribution in [0.4, 0.5) is 0 Å². The Hall–Kier alpha value is -0.780. The van der Waals surface area contributed by atoms with Gasteiger partial charge in [-0.3, -0.25) is 4.99 Å². The van der Waals surface area contributed by atoms with Crippen LogP contribution < -0.4 is 5.32 Å². The van der Waals surface area contributed by atoms with Crippen LogP contribution >= 0.6 is 24.0 Å². The average Bonchev–Trinajstić information content (AvgIpc) is 3.14. The number of hydrogen-bond acceptors (Lipinski definition) is 1. The molecule has 4 heteroatoms. The zero-order valence-corrected chi connectivity index (χ0v) is 16.2. The van der Waals surface area contributed by atoms with E-state index in [0.29, 0.717) is 17.4 Å². The Morgan fingerprint density at radius 1 is 1.32 bits per heavy atom. The number of rotatable bonds is 3. The topological polar surface area (TPSA) is 27.6 Å². The van der Waals surface area contributed by atoms with Crippen molar-refractivity contribution in [1.29, 1.82) is 0 Å². The maximum absolute atomic E-state index is 4.71. The zero-order chi connectivity index (χ0) is 14.9. The quantitative estimate of drug-likeness (QED) is 0.463. The van der Waals surface area contributed by atoms with Crippen molar-refractivity contribution in [2.24, 2.45) is 10.4 Å². The second-order valence-corrected chi connectivity index (χ2v) is 7.14. The molecule has 22 heavy (non-hydrogen) atoms. The highest BCUT2D eigenvalue weighted by atomic mass is 127. The van der Waals surface area contributed by atoms with E-state index in [4.69, 9.17) is 4.99 Å². The van der Waals surface area contributed by atoms with Crippen LogP contribution in [0.1, 0.15) is 45.1 Å². The van der Waals surface area contributed by atoms with Crippen molar-refractivity contribution < 1.29 is 0 Å². The van der Waals surface area contributed by atoms with Crippen molar-refractivity contribution in [3.05, 3.63) is 35.9 Å². The molecule has 122 valence electrons. The summed E-state index contributed by atoms with van der Waals surface area (Å²) < 4.78 is 0. The Morgan fingerprint density at radius 2 is 2.05 bits per heavy atom. The number of benzene rings is 1. The monoisotopic (exact) mass is 413 g/mol. The third-order valence-electron chi connectivity index (χ3n) is 4.62. The van der Waals surface area contributed by atoms with Crippen LogP contribution in [0.15, 0.2) is 35.3 Å². The van der Waals surface area contributed by atoms with Crippen LogP contribution in [0.5, 0.6) is 0 Å². The second kappa shape index (κ2) is 7.20. The lowest BCUT2D eigenvalue weighted by atomic mass is 9.93. The van der Waals surface area contributed by atoms with Crippen LogP contribution in [-0.2, 0) is 0 Å². The molecule has 1 aromatic rings. The van der Waals surface area contributed by atoms with Gasteiger partial charge >= 0.3 is 0 Å². The number of guanidine groups is 1. The number of nitrogens with one attached hydrogen (secondary N) is 1. The molecular formula is C18H28IN3. The first kappa shape index (κ1) is 17.6. The minimum Gasteiger partial charge on any atom is -0.353 e. The number of likely N-dealkylation sites (tertiary alicyclic amines) is 1. The first-order chi connectivity index (χ1) is 10.1. The molecule has 1 aliphatic carbocycles. The molecule has 3 rings (SSSR count). The highest BCUT2D eigenvalue weighted by Crippen LogP contribution is 2.41. The van der Waals surface area contributed by atoms with Crippen LogP contribution in [0.25, 0.3) is 0 Å². The molecule has 2 aliphatic rings. The zero-order valence-electron chi connectivity index (χ0n) is 13.9. The molecule has 0 bridgehead atoms. The number of halogens is 1. The Balaban J connectivity index is 0.00000176. The molecule has 0 amide bonds. The summed E-state index contributed by atoms with van der Waals surface area (Å²) in [5.41, 5.74) is 1.87. The van der Waals surface area contributed by atoms with Crippen molar-refractivity contribution in [3.8, 4) is 0 Å². The van der Waals surface area contributed by atoms with Crippen LogP contribution in [0, 0.1) is 5.41 Å². The summed E-state index contributed by atoms with van der Waals surface area (Å²) in [5, 5.41) is 3.70. The van der Waals surface area contributed by atoms with Gasteiger partial charge in [0.2, 0.25) is 0 Å². The molecule has 1 N–H and O–H groups in total. The molecule has 1 aromatic carbocycles. The van der Waals surface area contributed by atoms with Gasteiger partial charge in [0, 0.05) is 31.6 Å². The Bertz CT molecular complexity index is 512. The molecule has 0 radical (unpaired) electrons. The summed E-state index contributed by atoms with van der Waals surface area (Å²) >= 11 is 0. The van der Waals surface area contributed by atoms with Crippen molar-refractivity contribution in [1.82, 2.24) is 10.2 Å². The van der Waals surface area contributed by atoms with Gasteiger partial charge in [-0.15, -0.1) is 24.0 Å². The Morgan fingerprint density at radius 3 is 2.64 bits per heavy atom. The molecule has 2 atom stereocenters. The SMILES string of the molecule is CCN=C(NC1CC1c1ccccc1)N1CCC(C)(C)C1.I. The lowest BCUT2D eigenvalue weighted by Crippen LogP contribution is -2.42. The molecule has 2 unspecified atom stereocenters. The predicted octanol–water partition coefficient (Wildman–Crippen LogP) is 3.86. The fraction of sp³-hybridized carbons (Fsp3) is 0.611. The summed E-state index contributed by atoms with van der Waals surface area (Å²) in [6, 6.07) is 11.4. The van der Waals surface area contributed by atoms with E-state index in [1.807, 2.05) is 0 Å². The first-order valence-electron chi connectivity index (χ1n) is 8.20. The summed E-state index contributed by atoms with van der Waals surface area (Å²) in [4.78, 5) is 7.15. The van der Waals surface area contributed by atoms with E-state index in [1.165, 1.54) is 18.4 Å². The fourth-order valence-corrected chi connectivity index (χ4v) is 3.27. The number of aliphatic imine (C=N–C) groups is 1. The third kappa shape index (κ3) is 4.15. The Kier molecular flexibility index (Phi) is 5.75. The largest absolute Gasteiger partial charge is 0.353 e. The van der Waals surface area contributed by atoms with Crippen LogP contribution in [0.2, 0.25) is 0 Å². The van der Waals surface area contributed by atoms with E-state index >= 15 is 0 Å². The van der Waals surface area contributed by atoms with Gasteiger partial charge in [-0.2, -0.15) is 0 Å². The number of nitrogens with zero attached hydrogens (tertiary/aromatic N) is 2. The van der Waals surface area contributed by atoms with Gasteiger partial charge in [0.05, 0.1) is 0 Å². The minimum atomic E-state index is 0. The van der Waals surface area contributed by atoms with E-state index in [1.54, 1.807) is 0 Å². The number of hydrogen-bond donors (Lipinski definition) is 1. The van der Waals surface area contributed by atoms with Crippen molar-refractivity contribution >= 4 is 29.9 Å². The van der Waals surface area contributed by atoms with Gasteiger partial charge in [0.25, 0.3) is 0 Å².